The number of ether oxygens (including phenoxy) is 1. The van der Waals surface area contributed by atoms with Crippen molar-refractivity contribution in [1.29, 1.82) is 0 Å². The van der Waals surface area contributed by atoms with Gasteiger partial charge in [0.25, 0.3) is 5.91 Å². The summed E-state index contributed by atoms with van der Waals surface area (Å²) in [7, 11) is -3.98. The molecular weight excluding hydrogens is 347 g/mol. The second-order valence-corrected chi connectivity index (χ2v) is 5.42. The van der Waals surface area contributed by atoms with Crippen LogP contribution in [0.15, 0.2) is 6.33 Å². The van der Waals surface area contributed by atoms with Gasteiger partial charge < -0.3 is 10.1 Å². The Kier molecular flexibility index (Phi) is 6.18. The number of rotatable bonds is 5. The molecule has 0 spiro atoms. The number of esters is 1. The Hall–Kier alpha value is -1.61. The Labute approximate surface area is 151 Å². The van der Waals surface area contributed by atoms with Crippen LogP contribution in [0.25, 0.3) is 0 Å². The van der Waals surface area contributed by atoms with Gasteiger partial charge in [0.1, 0.15) is 18.9 Å². The number of β-lactam (4-membered cyclic amide) rings is 1. The predicted octanol–water partition coefficient (Wildman–Crippen LogP) is -4.30. The van der Waals surface area contributed by atoms with E-state index in [0.717, 1.165) is 18.1 Å². The molecular formula is C8H11N6NaO7S. The molecule has 1 aliphatic rings. The first kappa shape index (κ1) is 19.4. The van der Waals surface area contributed by atoms with Crippen molar-refractivity contribution in [2.24, 2.45) is 0 Å². The molecule has 2 rings (SSSR count). The molecule has 1 saturated heterocycles. The van der Waals surface area contributed by atoms with E-state index in [0.29, 0.717) is 0 Å². The van der Waals surface area contributed by atoms with Crippen molar-refractivity contribution in [2.75, 3.05) is 7.11 Å². The normalized spacial score (nSPS) is 20.3. The number of carbonyl (C=O) groups excluding carboxylic acids is 3. The molecule has 15 heteroatoms. The average molecular weight is 358 g/mol. The second kappa shape index (κ2) is 7.31. The van der Waals surface area contributed by atoms with Gasteiger partial charge in [0.05, 0.1) is 7.11 Å². The van der Waals surface area contributed by atoms with Crippen LogP contribution in [0.3, 0.4) is 0 Å². The molecule has 122 valence electrons. The molecule has 2 amide bonds. The second-order valence-electron chi connectivity index (χ2n) is 4.13. The molecule has 23 heavy (non-hydrogen) atoms. The van der Waals surface area contributed by atoms with Gasteiger partial charge in [-0.1, -0.05) is 0 Å². The van der Waals surface area contributed by atoms with Crippen molar-refractivity contribution in [3.8, 4) is 0 Å². The molecule has 1 aliphatic heterocycles. The fraction of sp³-hybridized carbons (Fsp3) is 0.500. The van der Waals surface area contributed by atoms with Crippen molar-refractivity contribution >= 4 is 57.6 Å². The first-order chi connectivity index (χ1) is 10.3. The van der Waals surface area contributed by atoms with E-state index >= 15 is 0 Å². The predicted molar refractivity (Wildman–Crippen MR) is 71.1 cm³/mol. The number of tetrazole rings is 1. The molecule has 1 aromatic rings. The van der Waals surface area contributed by atoms with E-state index in [9.17, 15) is 22.8 Å². The molecule has 0 aromatic carbocycles. The number of methoxy groups -OCH3 is 1. The maximum atomic E-state index is 11.7. The van der Waals surface area contributed by atoms with E-state index in [1.807, 2.05) is 0 Å². The number of aromatic nitrogens is 4. The van der Waals surface area contributed by atoms with Gasteiger partial charge in [-0.3, -0.25) is 14.1 Å². The summed E-state index contributed by atoms with van der Waals surface area (Å²) in [4.78, 5) is 34.9. The summed E-state index contributed by atoms with van der Waals surface area (Å²) in [6.45, 7) is -0.351. The Morgan fingerprint density at radius 3 is 2.61 bits per heavy atom. The third-order valence-electron chi connectivity index (χ3n) is 2.76. The summed E-state index contributed by atoms with van der Waals surface area (Å²) in [6.07, 6.45) is 1.14. The summed E-state index contributed by atoms with van der Waals surface area (Å²) in [6, 6.07) is -3.15. The number of nitrogens with one attached hydrogen (secondary N) is 1. The molecule has 1 aromatic heterocycles. The summed E-state index contributed by atoms with van der Waals surface area (Å²) in [5.41, 5.74) is 0. The number of hydrogen-bond donors (Lipinski definition) is 2. The first-order valence-corrected chi connectivity index (χ1v) is 7.04. The summed E-state index contributed by atoms with van der Waals surface area (Å²) in [5.74, 6) is -3.01. The molecule has 2 atom stereocenters. The van der Waals surface area contributed by atoms with Gasteiger partial charge in [0.2, 0.25) is 5.91 Å². The fourth-order valence-corrected chi connectivity index (χ4v) is 2.67. The zero-order chi connectivity index (χ0) is 16.5. The van der Waals surface area contributed by atoms with Crippen molar-refractivity contribution < 1.29 is 32.1 Å². The van der Waals surface area contributed by atoms with Crippen LogP contribution < -0.4 is 5.32 Å². The van der Waals surface area contributed by atoms with Crippen LogP contribution >= 0.6 is 0 Å². The molecule has 0 aliphatic carbocycles. The van der Waals surface area contributed by atoms with Gasteiger partial charge in [-0.15, -0.1) is 5.10 Å². The van der Waals surface area contributed by atoms with Crippen molar-refractivity contribution in [2.45, 2.75) is 18.6 Å². The molecule has 1 fully saturated rings. The Morgan fingerprint density at radius 1 is 1.48 bits per heavy atom. The topological polar surface area (TPSA) is 174 Å². The number of amides is 2. The Balaban J connectivity index is 0.00000264. The van der Waals surface area contributed by atoms with Crippen LogP contribution in [0.4, 0.5) is 0 Å². The van der Waals surface area contributed by atoms with E-state index < -0.39 is 40.2 Å². The third kappa shape index (κ3) is 4.03. The molecule has 0 bridgehead atoms. The van der Waals surface area contributed by atoms with Crippen LogP contribution in [0.2, 0.25) is 0 Å². The van der Waals surface area contributed by atoms with E-state index in [-0.39, 0.29) is 40.4 Å². The molecule has 2 heterocycles. The van der Waals surface area contributed by atoms with Crippen LogP contribution in [0, 0.1) is 0 Å². The summed E-state index contributed by atoms with van der Waals surface area (Å²) >= 11 is 0. The van der Waals surface area contributed by atoms with Crippen LogP contribution in [0.5, 0.6) is 0 Å². The van der Waals surface area contributed by atoms with Gasteiger partial charge in [-0.2, -0.15) is 12.7 Å². The summed E-state index contributed by atoms with van der Waals surface area (Å²) < 4.78 is 36.3. The van der Waals surface area contributed by atoms with Gasteiger partial charge in [-0.05, 0) is 10.4 Å². The van der Waals surface area contributed by atoms with Gasteiger partial charge >= 0.3 is 45.8 Å². The van der Waals surface area contributed by atoms with Crippen LogP contribution in [-0.2, 0) is 36.0 Å². The van der Waals surface area contributed by atoms with Crippen molar-refractivity contribution in [3.63, 3.8) is 0 Å². The standard InChI is InChI=1S/C8H10N6O7S.Na.H/c1-21-8(17)6-5(7(16)14(6)22(18,19)20)10-4(15)2-13-3-9-11-12-13;;/h3,5-6H,2H2,1H3,(H,10,15)(H,18,19,20);;. The van der Waals surface area contributed by atoms with Crippen molar-refractivity contribution in [1.82, 2.24) is 29.8 Å². The molecule has 13 nitrogen and oxygen atoms in total. The van der Waals surface area contributed by atoms with E-state index in [2.05, 4.69) is 25.6 Å². The van der Waals surface area contributed by atoms with Crippen LogP contribution in [-0.4, -0.2) is 104 Å². The molecule has 0 radical (unpaired) electrons. The number of carbonyl (C=O) groups is 3. The van der Waals surface area contributed by atoms with Crippen molar-refractivity contribution in [3.05, 3.63) is 6.33 Å². The number of hydrogen-bond acceptors (Lipinski definition) is 9. The monoisotopic (exact) mass is 358 g/mol. The number of nitrogens with zero attached hydrogens (tertiary/aromatic N) is 5. The molecule has 2 N–H and O–H groups in total. The first-order valence-electron chi connectivity index (χ1n) is 5.64. The van der Waals surface area contributed by atoms with E-state index in [1.54, 1.807) is 0 Å². The van der Waals surface area contributed by atoms with E-state index in [4.69, 9.17) is 4.55 Å². The SMILES string of the molecule is COC(=O)C1C(NC(=O)Cn2cnnn2)C(=O)N1S(=O)(=O)O.[NaH]. The van der Waals surface area contributed by atoms with Gasteiger partial charge in [0, 0.05) is 0 Å². The quantitative estimate of drug-likeness (QED) is 0.227. The minimum atomic E-state index is -4.94. The summed E-state index contributed by atoms with van der Waals surface area (Å²) in [5, 5.41) is 12.2. The van der Waals surface area contributed by atoms with E-state index in [1.165, 1.54) is 0 Å². The zero-order valence-electron chi connectivity index (χ0n) is 11.0. The average Bonchev–Trinajstić information content (AvgIpc) is 2.92. The van der Waals surface area contributed by atoms with Gasteiger partial charge in [0.15, 0.2) is 6.04 Å². The minimum absolute atomic E-state index is 0. The molecule has 2 unspecified atom stereocenters. The third-order valence-corrected chi connectivity index (χ3v) is 3.66. The Bertz CT molecular complexity index is 707. The fourth-order valence-electron chi connectivity index (χ4n) is 1.83. The van der Waals surface area contributed by atoms with Gasteiger partial charge in [-0.25, -0.2) is 9.48 Å². The van der Waals surface area contributed by atoms with Crippen LogP contribution in [0.1, 0.15) is 0 Å². The Morgan fingerprint density at radius 2 is 2.13 bits per heavy atom. The zero-order valence-corrected chi connectivity index (χ0v) is 11.8. The molecule has 0 saturated carbocycles. The maximum absolute atomic E-state index is 11.7.